The van der Waals surface area contributed by atoms with E-state index in [0.717, 1.165) is 32.8 Å². The minimum Gasteiger partial charge on any atom is -0.465 e. The van der Waals surface area contributed by atoms with Crippen LogP contribution in [0.1, 0.15) is 20.8 Å². The van der Waals surface area contributed by atoms with Crippen LogP contribution in [-0.4, -0.2) is 50.3 Å². The third kappa shape index (κ3) is 6.86. The molecule has 1 rings (SSSR count). The Morgan fingerprint density at radius 3 is 2.43 bits per heavy atom. The predicted molar refractivity (Wildman–Crippen MR) is 55.2 cm³/mol. The first-order valence-electron chi connectivity index (χ1n) is 5.22. The molecule has 0 aromatic rings. The molecule has 4 nitrogen and oxygen atoms in total. The number of ether oxygens (including phenoxy) is 2. The summed E-state index contributed by atoms with van der Waals surface area (Å²) < 4.78 is 10.0. The Morgan fingerprint density at radius 1 is 1.36 bits per heavy atom. The molecule has 0 aliphatic carbocycles. The fraction of sp³-hybridized carbons (Fsp3) is 0.900. The van der Waals surface area contributed by atoms with Crippen LogP contribution in [0.5, 0.6) is 0 Å². The molecule has 0 aromatic carbocycles. The SMILES string of the molecule is CC.CC(=O)OCCN1CCOCC1. The van der Waals surface area contributed by atoms with Crippen molar-refractivity contribution in [2.24, 2.45) is 0 Å². The monoisotopic (exact) mass is 203 g/mol. The summed E-state index contributed by atoms with van der Waals surface area (Å²) in [6, 6.07) is 0. The van der Waals surface area contributed by atoms with E-state index < -0.39 is 0 Å². The van der Waals surface area contributed by atoms with Crippen LogP contribution in [0, 0.1) is 0 Å². The summed E-state index contributed by atoms with van der Waals surface area (Å²) in [7, 11) is 0. The lowest BCUT2D eigenvalue weighted by atomic mass is 10.4. The molecule has 0 radical (unpaired) electrons. The quantitative estimate of drug-likeness (QED) is 0.639. The molecule has 0 spiro atoms. The Balaban J connectivity index is 0.000000791. The highest BCUT2D eigenvalue weighted by Gasteiger charge is 2.09. The molecule has 14 heavy (non-hydrogen) atoms. The zero-order valence-corrected chi connectivity index (χ0v) is 9.41. The van der Waals surface area contributed by atoms with Gasteiger partial charge in [-0.2, -0.15) is 0 Å². The van der Waals surface area contributed by atoms with E-state index in [1.54, 1.807) is 0 Å². The van der Waals surface area contributed by atoms with Gasteiger partial charge in [-0.15, -0.1) is 0 Å². The average Bonchev–Trinajstić information content (AvgIpc) is 2.22. The van der Waals surface area contributed by atoms with Crippen molar-refractivity contribution in [2.75, 3.05) is 39.5 Å². The number of rotatable bonds is 3. The predicted octanol–water partition coefficient (Wildman–Crippen LogP) is 0.908. The van der Waals surface area contributed by atoms with Gasteiger partial charge < -0.3 is 9.47 Å². The Morgan fingerprint density at radius 2 is 1.93 bits per heavy atom. The van der Waals surface area contributed by atoms with Crippen LogP contribution in [0.4, 0.5) is 0 Å². The second-order valence-electron chi connectivity index (χ2n) is 2.79. The molecular weight excluding hydrogens is 182 g/mol. The first kappa shape index (κ1) is 13.4. The molecule has 1 fully saturated rings. The Bertz CT molecular complexity index is 144. The average molecular weight is 203 g/mol. The fourth-order valence-corrected chi connectivity index (χ4v) is 1.14. The first-order valence-corrected chi connectivity index (χ1v) is 5.22. The summed E-state index contributed by atoms with van der Waals surface area (Å²) in [6.45, 7) is 10.2. The normalized spacial score (nSPS) is 16.8. The first-order chi connectivity index (χ1) is 6.79. The van der Waals surface area contributed by atoms with Crippen molar-refractivity contribution in [3.63, 3.8) is 0 Å². The number of carbonyl (C=O) groups excluding carboxylic acids is 1. The zero-order valence-electron chi connectivity index (χ0n) is 9.41. The van der Waals surface area contributed by atoms with Gasteiger partial charge in [0.15, 0.2) is 0 Å². The van der Waals surface area contributed by atoms with Gasteiger partial charge >= 0.3 is 5.97 Å². The highest BCUT2D eigenvalue weighted by Crippen LogP contribution is 1.95. The number of carbonyl (C=O) groups is 1. The minimum absolute atomic E-state index is 0.205. The fourth-order valence-electron chi connectivity index (χ4n) is 1.14. The lowest BCUT2D eigenvalue weighted by molar-refractivity contribution is -0.141. The van der Waals surface area contributed by atoms with Gasteiger partial charge in [-0.1, -0.05) is 13.8 Å². The Hall–Kier alpha value is -0.610. The van der Waals surface area contributed by atoms with Crippen LogP contribution < -0.4 is 0 Å². The summed E-state index contributed by atoms with van der Waals surface area (Å²) in [5, 5.41) is 0. The topological polar surface area (TPSA) is 38.8 Å². The number of hydrogen-bond donors (Lipinski definition) is 0. The molecule has 1 saturated heterocycles. The summed E-state index contributed by atoms with van der Waals surface area (Å²) >= 11 is 0. The third-order valence-electron chi connectivity index (χ3n) is 1.82. The molecule has 1 heterocycles. The van der Waals surface area contributed by atoms with Gasteiger partial charge in [-0.25, -0.2) is 0 Å². The molecule has 0 aromatic heterocycles. The number of morpholine rings is 1. The van der Waals surface area contributed by atoms with Crippen molar-refractivity contribution in [1.29, 1.82) is 0 Å². The van der Waals surface area contributed by atoms with Gasteiger partial charge in [0.25, 0.3) is 0 Å². The zero-order chi connectivity index (χ0) is 10.8. The van der Waals surface area contributed by atoms with Crippen LogP contribution >= 0.6 is 0 Å². The maximum absolute atomic E-state index is 10.4. The molecule has 0 N–H and O–H groups in total. The van der Waals surface area contributed by atoms with Crippen LogP contribution in [0.15, 0.2) is 0 Å². The van der Waals surface area contributed by atoms with Gasteiger partial charge in [-0.3, -0.25) is 9.69 Å². The van der Waals surface area contributed by atoms with Crippen LogP contribution in [0.3, 0.4) is 0 Å². The van der Waals surface area contributed by atoms with E-state index in [1.165, 1.54) is 6.92 Å². The molecule has 1 aliphatic rings. The highest BCUT2D eigenvalue weighted by molar-refractivity contribution is 5.65. The molecule has 0 unspecified atom stereocenters. The second kappa shape index (κ2) is 8.97. The van der Waals surface area contributed by atoms with E-state index in [1.807, 2.05) is 13.8 Å². The van der Waals surface area contributed by atoms with E-state index >= 15 is 0 Å². The number of hydrogen-bond acceptors (Lipinski definition) is 4. The molecular formula is C10H21NO3. The summed E-state index contributed by atoms with van der Waals surface area (Å²) in [4.78, 5) is 12.6. The number of nitrogens with zero attached hydrogens (tertiary/aromatic N) is 1. The summed E-state index contributed by atoms with van der Waals surface area (Å²) in [5.41, 5.74) is 0. The lowest BCUT2D eigenvalue weighted by Gasteiger charge is -2.25. The number of esters is 1. The van der Waals surface area contributed by atoms with Crippen LogP contribution in [-0.2, 0) is 14.3 Å². The van der Waals surface area contributed by atoms with E-state index in [4.69, 9.17) is 9.47 Å². The standard InChI is InChI=1S/C8H15NO3.C2H6/c1-8(10)12-7-4-9-2-5-11-6-3-9;1-2/h2-7H2,1H3;1-2H3. The van der Waals surface area contributed by atoms with Crippen LogP contribution in [0.25, 0.3) is 0 Å². The Kier molecular flexibility index (Phi) is 8.57. The molecule has 0 atom stereocenters. The lowest BCUT2D eigenvalue weighted by Crippen LogP contribution is -2.38. The van der Waals surface area contributed by atoms with Crippen molar-refractivity contribution in [1.82, 2.24) is 4.90 Å². The van der Waals surface area contributed by atoms with Gasteiger partial charge in [0, 0.05) is 26.6 Å². The van der Waals surface area contributed by atoms with E-state index in [-0.39, 0.29) is 5.97 Å². The van der Waals surface area contributed by atoms with Crippen molar-refractivity contribution < 1.29 is 14.3 Å². The molecule has 1 aliphatic heterocycles. The van der Waals surface area contributed by atoms with Crippen molar-refractivity contribution in [2.45, 2.75) is 20.8 Å². The molecule has 0 bridgehead atoms. The largest absolute Gasteiger partial charge is 0.465 e. The molecule has 84 valence electrons. The van der Waals surface area contributed by atoms with E-state index in [9.17, 15) is 4.79 Å². The molecule has 0 saturated carbocycles. The van der Waals surface area contributed by atoms with Gasteiger partial charge in [-0.05, 0) is 0 Å². The van der Waals surface area contributed by atoms with Crippen LogP contribution in [0.2, 0.25) is 0 Å². The van der Waals surface area contributed by atoms with E-state index in [0.29, 0.717) is 6.61 Å². The van der Waals surface area contributed by atoms with Crippen molar-refractivity contribution in [3.05, 3.63) is 0 Å². The molecule has 4 heteroatoms. The summed E-state index contributed by atoms with van der Waals surface area (Å²) in [6.07, 6.45) is 0. The minimum atomic E-state index is -0.205. The Labute approximate surface area is 86.2 Å². The highest BCUT2D eigenvalue weighted by atomic mass is 16.5. The summed E-state index contributed by atoms with van der Waals surface area (Å²) in [5.74, 6) is -0.205. The second-order valence-corrected chi connectivity index (χ2v) is 2.79. The smallest absolute Gasteiger partial charge is 0.302 e. The van der Waals surface area contributed by atoms with Gasteiger partial charge in [0.05, 0.1) is 13.2 Å². The molecule has 0 amide bonds. The van der Waals surface area contributed by atoms with Gasteiger partial charge in [0.1, 0.15) is 6.61 Å². The maximum atomic E-state index is 10.4. The van der Waals surface area contributed by atoms with E-state index in [2.05, 4.69) is 4.90 Å². The van der Waals surface area contributed by atoms with Crippen molar-refractivity contribution >= 4 is 5.97 Å². The van der Waals surface area contributed by atoms with Crippen molar-refractivity contribution in [3.8, 4) is 0 Å². The maximum Gasteiger partial charge on any atom is 0.302 e. The third-order valence-corrected chi connectivity index (χ3v) is 1.82. The van der Waals surface area contributed by atoms with Gasteiger partial charge in [0.2, 0.25) is 0 Å².